The Labute approximate surface area is 140 Å². The van der Waals surface area contributed by atoms with Crippen LogP contribution in [0.1, 0.15) is 10.4 Å². The number of benzene rings is 1. The van der Waals surface area contributed by atoms with E-state index in [0.29, 0.717) is 0 Å². The van der Waals surface area contributed by atoms with Crippen molar-refractivity contribution in [2.24, 2.45) is 0 Å². The van der Waals surface area contributed by atoms with Gasteiger partial charge >= 0.3 is 0 Å². The standard InChI is InChI=1S/C13H10Cl3FN4O/c14-13(15,16)11(21-12-18-6-1-7-19-12)20-10(22)8-2-4-9(17)5-3-8/h1-7,11H,(H,20,22)(H,18,19,21). The molecule has 1 unspecified atom stereocenters. The maximum absolute atomic E-state index is 12.9. The summed E-state index contributed by atoms with van der Waals surface area (Å²) in [4.78, 5) is 20.0. The van der Waals surface area contributed by atoms with Gasteiger partial charge in [-0.3, -0.25) is 4.79 Å². The fraction of sp³-hybridized carbons (Fsp3) is 0.154. The monoisotopic (exact) mass is 362 g/mol. The molecule has 2 N–H and O–H groups in total. The number of hydrogen-bond acceptors (Lipinski definition) is 4. The predicted octanol–water partition coefficient (Wildman–Crippen LogP) is 3.15. The van der Waals surface area contributed by atoms with E-state index in [1.807, 2.05) is 0 Å². The first kappa shape index (κ1) is 16.7. The predicted molar refractivity (Wildman–Crippen MR) is 83.6 cm³/mol. The minimum atomic E-state index is -1.85. The number of nitrogens with one attached hydrogen (secondary N) is 2. The molecule has 2 rings (SSSR count). The smallest absolute Gasteiger partial charge is 0.252 e. The number of rotatable bonds is 4. The van der Waals surface area contributed by atoms with Crippen LogP contribution in [0.5, 0.6) is 0 Å². The number of anilines is 1. The van der Waals surface area contributed by atoms with Crippen molar-refractivity contribution in [1.82, 2.24) is 15.3 Å². The highest BCUT2D eigenvalue weighted by atomic mass is 35.6. The molecule has 5 nitrogen and oxygen atoms in total. The van der Waals surface area contributed by atoms with Crippen molar-refractivity contribution in [3.05, 3.63) is 54.1 Å². The Balaban J connectivity index is 2.13. The fourth-order valence-corrected chi connectivity index (χ4v) is 1.85. The van der Waals surface area contributed by atoms with E-state index >= 15 is 0 Å². The first-order valence-electron chi connectivity index (χ1n) is 6.03. The summed E-state index contributed by atoms with van der Waals surface area (Å²) in [7, 11) is 0. The van der Waals surface area contributed by atoms with Crippen LogP contribution in [0.3, 0.4) is 0 Å². The molecule has 1 aromatic carbocycles. The number of amides is 1. The van der Waals surface area contributed by atoms with Crippen LogP contribution in [0.15, 0.2) is 42.7 Å². The summed E-state index contributed by atoms with van der Waals surface area (Å²) in [5.74, 6) is -0.816. The number of nitrogens with zero attached hydrogens (tertiary/aromatic N) is 2. The molecule has 0 aliphatic rings. The Hall–Kier alpha value is -1.63. The van der Waals surface area contributed by atoms with Crippen molar-refractivity contribution in [2.75, 3.05) is 5.32 Å². The number of carbonyl (C=O) groups is 1. The van der Waals surface area contributed by atoms with Gasteiger partial charge in [-0.15, -0.1) is 0 Å². The normalized spacial score (nSPS) is 12.5. The van der Waals surface area contributed by atoms with Gasteiger partial charge in [0.2, 0.25) is 9.74 Å². The van der Waals surface area contributed by atoms with E-state index in [0.717, 1.165) is 12.1 Å². The highest BCUT2D eigenvalue weighted by Gasteiger charge is 2.34. The number of halogens is 4. The van der Waals surface area contributed by atoms with E-state index in [1.165, 1.54) is 24.5 Å². The molecule has 0 spiro atoms. The van der Waals surface area contributed by atoms with Gasteiger partial charge in [0, 0.05) is 18.0 Å². The number of alkyl halides is 3. The molecular formula is C13H10Cl3FN4O. The van der Waals surface area contributed by atoms with Gasteiger partial charge in [-0.05, 0) is 30.3 Å². The third-order valence-electron chi connectivity index (χ3n) is 2.55. The SMILES string of the molecule is O=C(NC(Nc1ncccn1)C(Cl)(Cl)Cl)c1ccc(F)cc1. The molecule has 116 valence electrons. The Morgan fingerprint density at radius 2 is 1.73 bits per heavy atom. The van der Waals surface area contributed by atoms with Crippen LogP contribution in [0, 0.1) is 5.82 Å². The van der Waals surface area contributed by atoms with E-state index in [4.69, 9.17) is 34.8 Å². The second-order valence-electron chi connectivity index (χ2n) is 4.17. The molecule has 2 aromatic rings. The largest absolute Gasteiger partial charge is 0.330 e. The van der Waals surface area contributed by atoms with Crippen LogP contribution in [0.4, 0.5) is 10.3 Å². The lowest BCUT2D eigenvalue weighted by atomic mass is 10.2. The summed E-state index contributed by atoms with van der Waals surface area (Å²) in [5, 5.41) is 5.20. The van der Waals surface area contributed by atoms with Gasteiger partial charge in [0.15, 0.2) is 0 Å². The third kappa shape index (κ3) is 4.69. The average Bonchev–Trinajstić information content (AvgIpc) is 2.47. The number of aromatic nitrogens is 2. The summed E-state index contributed by atoms with van der Waals surface area (Å²) in [6.45, 7) is 0. The van der Waals surface area contributed by atoms with Crippen LogP contribution < -0.4 is 10.6 Å². The molecule has 0 aliphatic heterocycles. The van der Waals surface area contributed by atoms with Gasteiger partial charge in [0.1, 0.15) is 12.0 Å². The third-order valence-corrected chi connectivity index (χ3v) is 3.20. The molecule has 1 aromatic heterocycles. The molecule has 9 heteroatoms. The average molecular weight is 364 g/mol. The molecule has 0 bridgehead atoms. The summed E-state index contributed by atoms with van der Waals surface area (Å²) in [6, 6.07) is 6.57. The molecule has 0 radical (unpaired) electrons. The molecule has 22 heavy (non-hydrogen) atoms. The Morgan fingerprint density at radius 3 is 2.27 bits per heavy atom. The molecular weight excluding hydrogens is 354 g/mol. The minimum Gasteiger partial charge on any atom is -0.330 e. The van der Waals surface area contributed by atoms with Crippen molar-refractivity contribution in [3.63, 3.8) is 0 Å². The topological polar surface area (TPSA) is 66.9 Å². The second-order valence-corrected chi connectivity index (χ2v) is 6.54. The van der Waals surface area contributed by atoms with Crippen molar-refractivity contribution < 1.29 is 9.18 Å². The second kappa shape index (κ2) is 7.09. The van der Waals surface area contributed by atoms with Crippen molar-refractivity contribution in [1.29, 1.82) is 0 Å². The highest BCUT2D eigenvalue weighted by Crippen LogP contribution is 2.30. The summed E-state index contributed by atoms with van der Waals surface area (Å²) >= 11 is 17.5. The molecule has 1 amide bonds. The lowest BCUT2D eigenvalue weighted by molar-refractivity contribution is 0.0941. The van der Waals surface area contributed by atoms with Gasteiger partial charge in [-0.2, -0.15) is 0 Å². The van der Waals surface area contributed by atoms with E-state index in [1.54, 1.807) is 6.07 Å². The quantitative estimate of drug-likeness (QED) is 0.647. The van der Waals surface area contributed by atoms with Gasteiger partial charge in [0.25, 0.3) is 5.91 Å². The fourth-order valence-electron chi connectivity index (χ4n) is 1.52. The minimum absolute atomic E-state index is 0.179. The van der Waals surface area contributed by atoms with Crippen LogP contribution in [0.25, 0.3) is 0 Å². The number of carbonyl (C=O) groups excluding carboxylic acids is 1. The Morgan fingerprint density at radius 1 is 1.14 bits per heavy atom. The maximum atomic E-state index is 12.9. The van der Waals surface area contributed by atoms with Gasteiger partial charge in [-0.1, -0.05) is 34.8 Å². The number of hydrogen-bond donors (Lipinski definition) is 2. The van der Waals surface area contributed by atoms with Gasteiger partial charge in [-0.25, -0.2) is 14.4 Å². The first-order chi connectivity index (χ1) is 10.4. The van der Waals surface area contributed by atoms with Crippen LogP contribution in [-0.4, -0.2) is 25.8 Å². The lowest BCUT2D eigenvalue weighted by Crippen LogP contribution is -2.49. The van der Waals surface area contributed by atoms with Gasteiger partial charge < -0.3 is 10.6 Å². The molecule has 0 fully saturated rings. The zero-order valence-corrected chi connectivity index (χ0v) is 13.2. The van der Waals surface area contributed by atoms with E-state index in [-0.39, 0.29) is 11.5 Å². The molecule has 1 heterocycles. The van der Waals surface area contributed by atoms with Crippen molar-refractivity contribution >= 4 is 46.7 Å². The van der Waals surface area contributed by atoms with E-state index in [2.05, 4.69) is 20.6 Å². The first-order valence-corrected chi connectivity index (χ1v) is 7.16. The lowest BCUT2D eigenvalue weighted by Gasteiger charge is -2.26. The highest BCUT2D eigenvalue weighted by molar-refractivity contribution is 6.68. The summed E-state index contributed by atoms with van der Waals surface area (Å²) in [5.41, 5.74) is 0.219. The Kier molecular flexibility index (Phi) is 5.39. The summed E-state index contributed by atoms with van der Waals surface area (Å²) in [6.07, 6.45) is 1.90. The molecule has 1 atom stereocenters. The molecule has 0 saturated heterocycles. The van der Waals surface area contributed by atoms with Crippen LogP contribution >= 0.6 is 34.8 Å². The molecule has 0 saturated carbocycles. The Bertz CT molecular complexity index is 634. The maximum Gasteiger partial charge on any atom is 0.252 e. The van der Waals surface area contributed by atoms with Crippen LogP contribution in [-0.2, 0) is 0 Å². The zero-order valence-electron chi connectivity index (χ0n) is 10.9. The summed E-state index contributed by atoms with van der Waals surface area (Å²) < 4.78 is 11.0. The van der Waals surface area contributed by atoms with Crippen molar-refractivity contribution in [3.8, 4) is 0 Å². The van der Waals surface area contributed by atoms with Crippen LogP contribution in [0.2, 0.25) is 0 Å². The van der Waals surface area contributed by atoms with E-state index in [9.17, 15) is 9.18 Å². The van der Waals surface area contributed by atoms with Gasteiger partial charge in [0.05, 0.1) is 0 Å². The molecule has 0 aliphatic carbocycles. The zero-order chi connectivity index (χ0) is 16.2. The van der Waals surface area contributed by atoms with Crippen molar-refractivity contribution in [2.45, 2.75) is 9.96 Å². The van der Waals surface area contributed by atoms with E-state index < -0.39 is 21.7 Å².